The Kier molecular flexibility index (Phi) is 5.78. The van der Waals surface area contributed by atoms with Crippen molar-refractivity contribution in [3.05, 3.63) is 64.4 Å². The summed E-state index contributed by atoms with van der Waals surface area (Å²) in [5, 5.41) is 24.2. The quantitative estimate of drug-likeness (QED) is 0.676. The van der Waals surface area contributed by atoms with Crippen molar-refractivity contribution in [2.75, 3.05) is 6.61 Å². The molecular formula is C16H16ClFN2O3. The fraction of sp³-hybridized carbons (Fsp3) is 0.188. The molecule has 0 aliphatic rings. The summed E-state index contributed by atoms with van der Waals surface area (Å²) in [6.07, 6.45) is 0. The first-order valence-electron chi connectivity index (χ1n) is 6.87. The summed E-state index contributed by atoms with van der Waals surface area (Å²) in [6.45, 7) is -0.190. The van der Waals surface area contributed by atoms with E-state index in [0.29, 0.717) is 16.1 Å². The Labute approximate surface area is 137 Å². The zero-order valence-electron chi connectivity index (χ0n) is 12.1. The zero-order chi connectivity index (χ0) is 16.8. The molecule has 1 atom stereocenters. The smallest absolute Gasteiger partial charge is 0.315 e. The van der Waals surface area contributed by atoms with Crippen molar-refractivity contribution in [3.63, 3.8) is 0 Å². The van der Waals surface area contributed by atoms with E-state index in [0.717, 1.165) is 6.07 Å². The Morgan fingerprint density at radius 2 is 1.91 bits per heavy atom. The molecular weight excluding hydrogens is 323 g/mol. The number of amides is 2. The molecule has 0 heterocycles. The second-order valence-corrected chi connectivity index (χ2v) is 5.34. The van der Waals surface area contributed by atoms with Gasteiger partial charge in [0.05, 0.1) is 12.6 Å². The summed E-state index contributed by atoms with van der Waals surface area (Å²) in [5.74, 6) is -1.19. The van der Waals surface area contributed by atoms with E-state index in [-0.39, 0.29) is 13.2 Å². The number of carbonyl (C=O) groups excluding carboxylic acids is 1. The number of carbonyl (C=O) groups is 1. The number of nitrogens with one attached hydrogen (secondary N) is 2. The monoisotopic (exact) mass is 338 g/mol. The summed E-state index contributed by atoms with van der Waals surface area (Å²) in [6, 6.07) is 9.51. The van der Waals surface area contributed by atoms with Crippen LogP contribution in [-0.4, -0.2) is 22.9 Å². The van der Waals surface area contributed by atoms with E-state index in [2.05, 4.69) is 10.6 Å². The van der Waals surface area contributed by atoms with Crippen LogP contribution < -0.4 is 10.6 Å². The number of halogens is 2. The molecule has 122 valence electrons. The molecule has 0 saturated carbocycles. The Morgan fingerprint density at radius 1 is 1.22 bits per heavy atom. The lowest BCUT2D eigenvalue weighted by molar-refractivity contribution is 0.216. The van der Waals surface area contributed by atoms with Gasteiger partial charge in [0.25, 0.3) is 0 Å². The van der Waals surface area contributed by atoms with Gasteiger partial charge in [0, 0.05) is 11.6 Å². The highest BCUT2D eigenvalue weighted by Gasteiger charge is 2.13. The molecule has 2 rings (SSSR count). The lowest BCUT2D eigenvalue weighted by Gasteiger charge is -2.17. The fourth-order valence-electron chi connectivity index (χ4n) is 1.98. The summed E-state index contributed by atoms with van der Waals surface area (Å²) >= 11 is 5.80. The first-order valence-corrected chi connectivity index (χ1v) is 7.25. The average molecular weight is 339 g/mol. The van der Waals surface area contributed by atoms with Crippen molar-refractivity contribution >= 4 is 17.6 Å². The average Bonchev–Trinajstić information content (AvgIpc) is 2.54. The molecule has 2 aromatic rings. The standard InChI is InChI=1S/C16H16ClFN2O3/c17-12-4-2-11(3-5-12)14(9-21)20-16(23)19-8-10-1-6-15(22)13(18)7-10/h1-7,14,21-22H,8-9H2,(H2,19,20,23). The van der Waals surface area contributed by atoms with Crippen LogP contribution in [-0.2, 0) is 6.54 Å². The SMILES string of the molecule is O=C(NCc1ccc(O)c(F)c1)NC(CO)c1ccc(Cl)cc1. The van der Waals surface area contributed by atoms with Gasteiger partial charge in [0.2, 0.25) is 0 Å². The van der Waals surface area contributed by atoms with Gasteiger partial charge < -0.3 is 20.8 Å². The van der Waals surface area contributed by atoms with Crippen molar-refractivity contribution in [2.24, 2.45) is 0 Å². The number of aliphatic hydroxyl groups is 1. The number of hydrogen-bond acceptors (Lipinski definition) is 3. The van der Waals surface area contributed by atoms with Crippen LogP contribution in [0.3, 0.4) is 0 Å². The number of benzene rings is 2. The maximum atomic E-state index is 13.2. The van der Waals surface area contributed by atoms with Crippen LogP contribution in [0.5, 0.6) is 5.75 Å². The van der Waals surface area contributed by atoms with Gasteiger partial charge in [0.1, 0.15) is 0 Å². The van der Waals surface area contributed by atoms with Crippen LogP contribution in [0, 0.1) is 5.82 Å². The molecule has 0 fully saturated rings. The fourth-order valence-corrected chi connectivity index (χ4v) is 2.11. The van der Waals surface area contributed by atoms with Gasteiger partial charge in [-0.05, 0) is 35.4 Å². The lowest BCUT2D eigenvalue weighted by atomic mass is 10.1. The molecule has 1 unspecified atom stereocenters. The second kappa shape index (κ2) is 7.80. The molecule has 0 aliphatic carbocycles. The number of aliphatic hydroxyl groups excluding tert-OH is 1. The lowest BCUT2D eigenvalue weighted by Crippen LogP contribution is -2.38. The van der Waals surface area contributed by atoms with E-state index in [1.54, 1.807) is 24.3 Å². The minimum absolute atomic E-state index is 0.0851. The maximum Gasteiger partial charge on any atom is 0.315 e. The van der Waals surface area contributed by atoms with Crippen molar-refractivity contribution < 1.29 is 19.4 Å². The van der Waals surface area contributed by atoms with Gasteiger partial charge in [-0.3, -0.25) is 0 Å². The van der Waals surface area contributed by atoms with Gasteiger partial charge in [-0.25, -0.2) is 9.18 Å². The molecule has 0 aromatic heterocycles. The predicted octanol–water partition coefficient (Wildman–Crippen LogP) is 2.72. The number of phenolic OH excluding ortho intramolecular Hbond substituents is 1. The molecule has 4 N–H and O–H groups in total. The molecule has 0 saturated heterocycles. The normalized spacial score (nSPS) is 11.8. The molecule has 2 aromatic carbocycles. The van der Waals surface area contributed by atoms with E-state index < -0.39 is 23.6 Å². The van der Waals surface area contributed by atoms with E-state index in [4.69, 9.17) is 16.7 Å². The molecule has 7 heteroatoms. The number of hydrogen-bond donors (Lipinski definition) is 4. The topological polar surface area (TPSA) is 81.6 Å². The van der Waals surface area contributed by atoms with Crippen molar-refractivity contribution in [1.29, 1.82) is 0 Å². The van der Waals surface area contributed by atoms with Crippen LogP contribution >= 0.6 is 11.6 Å². The van der Waals surface area contributed by atoms with Gasteiger partial charge in [0.15, 0.2) is 11.6 Å². The van der Waals surface area contributed by atoms with E-state index >= 15 is 0 Å². The Balaban J connectivity index is 1.92. The third-order valence-electron chi connectivity index (χ3n) is 3.23. The Morgan fingerprint density at radius 3 is 2.52 bits per heavy atom. The molecule has 0 aliphatic heterocycles. The number of phenols is 1. The number of aromatic hydroxyl groups is 1. The minimum Gasteiger partial charge on any atom is -0.505 e. The predicted molar refractivity (Wildman–Crippen MR) is 84.7 cm³/mol. The van der Waals surface area contributed by atoms with Crippen molar-refractivity contribution in [2.45, 2.75) is 12.6 Å². The van der Waals surface area contributed by atoms with Crippen LogP contribution in [0.15, 0.2) is 42.5 Å². The number of rotatable bonds is 5. The van der Waals surface area contributed by atoms with E-state index in [9.17, 15) is 14.3 Å². The highest BCUT2D eigenvalue weighted by atomic mass is 35.5. The maximum absolute atomic E-state index is 13.2. The van der Waals surface area contributed by atoms with Gasteiger partial charge in [-0.1, -0.05) is 29.8 Å². The molecule has 2 amide bonds. The van der Waals surface area contributed by atoms with Crippen molar-refractivity contribution in [3.8, 4) is 5.75 Å². The minimum atomic E-state index is -0.751. The summed E-state index contributed by atoms with van der Waals surface area (Å²) < 4.78 is 13.2. The van der Waals surface area contributed by atoms with E-state index in [1.165, 1.54) is 12.1 Å². The van der Waals surface area contributed by atoms with Crippen LogP contribution in [0.25, 0.3) is 0 Å². The third kappa shape index (κ3) is 4.84. The molecule has 5 nitrogen and oxygen atoms in total. The Bertz CT molecular complexity index is 680. The largest absolute Gasteiger partial charge is 0.505 e. The third-order valence-corrected chi connectivity index (χ3v) is 3.48. The molecule has 0 spiro atoms. The first kappa shape index (κ1) is 17.1. The zero-order valence-corrected chi connectivity index (χ0v) is 12.8. The van der Waals surface area contributed by atoms with Gasteiger partial charge >= 0.3 is 6.03 Å². The summed E-state index contributed by atoms with van der Waals surface area (Å²) in [7, 11) is 0. The van der Waals surface area contributed by atoms with E-state index in [1.807, 2.05) is 0 Å². The second-order valence-electron chi connectivity index (χ2n) is 4.90. The van der Waals surface area contributed by atoms with Crippen LogP contribution in [0.1, 0.15) is 17.2 Å². The highest BCUT2D eigenvalue weighted by molar-refractivity contribution is 6.30. The summed E-state index contributed by atoms with van der Waals surface area (Å²) in [4.78, 5) is 11.9. The molecule has 0 bridgehead atoms. The summed E-state index contributed by atoms with van der Waals surface area (Å²) in [5.41, 5.74) is 1.21. The van der Waals surface area contributed by atoms with Crippen LogP contribution in [0.2, 0.25) is 5.02 Å². The van der Waals surface area contributed by atoms with Crippen LogP contribution in [0.4, 0.5) is 9.18 Å². The first-order chi connectivity index (χ1) is 11.0. The van der Waals surface area contributed by atoms with Crippen molar-refractivity contribution in [1.82, 2.24) is 10.6 Å². The van der Waals surface area contributed by atoms with Gasteiger partial charge in [-0.15, -0.1) is 0 Å². The number of urea groups is 1. The highest BCUT2D eigenvalue weighted by Crippen LogP contribution is 2.17. The molecule has 23 heavy (non-hydrogen) atoms. The molecule has 0 radical (unpaired) electrons. The van der Waals surface area contributed by atoms with Gasteiger partial charge in [-0.2, -0.15) is 0 Å². The Hall–Kier alpha value is -2.31.